The Morgan fingerprint density at radius 1 is 1.09 bits per heavy atom. The lowest BCUT2D eigenvalue weighted by molar-refractivity contribution is -0.137. The Morgan fingerprint density at radius 3 is 2.44 bits per heavy atom. The summed E-state index contributed by atoms with van der Waals surface area (Å²) in [7, 11) is 1.67. The van der Waals surface area contributed by atoms with E-state index in [1.165, 1.54) is 22.3 Å². The second-order valence-electron chi connectivity index (χ2n) is 9.09. The van der Waals surface area contributed by atoms with E-state index in [1.54, 1.807) is 7.05 Å². The summed E-state index contributed by atoms with van der Waals surface area (Å²) in [5.41, 5.74) is 2.77. The molecule has 3 aromatic rings. The molecule has 4 nitrogen and oxygen atoms in total. The topological polar surface area (TPSA) is 52.0 Å². The standard InChI is InChI=1S/C26H23F3N2O2S/c1-31-23(33)21-22(19-7-3-2-6-17(19)14-25(21)12-4-5-13-25)30-24(31)34-15-20(32)16-8-10-18(11-9-16)26(27,28)29/h2-3,6-11H,4-5,12-15H2,1H3. The molecule has 2 aliphatic rings. The zero-order valence-corrected chi connectivity index (χ0v) is 19.4. The van der Waals surface area contributed by atoms with Gasteiger partial charge in [0, 0.05) is 23.6 Å². The van der Waals surface area contributed by atoms with Gasteiger partial charge in [-0.3, -0.25) is 14.2 Å². The highest BCUT2D eigenvalue weighted by Gasteiger charge is 2.44. The van der Waals surface area contributed by atoms with Crippen LogP contribution in [0.25, 0.3) is 11.3 Å². The molecule has 1 aromatic heterocycles. The molecule has 0 unspecified atom stereocenters. The summed E-state index contributed by atoms with van der Waals surface area (Å²) in [6.07, 6.45) is 0.487. The first-order chi connectivity index (χ1) is 16.2. The minimum atomic E-state index is -4.45. The number of alkyl halides is 3. The molecular formula is C26H23F3N2O2S. The Bertz CT molecular complexity index is 1320. The van der Waals surface area contributed by atoms with Crippen LogP contribution in [0.1, 0.15) is 52.7 Å². The van der Waals surface area contributed by atoms with Gasteiger partial charge in [-0.1, -0.05) is 61.0 Å². The molecule has 0 atom stereocenters. The number of carbonyl (C=O) groups is 1. The number of halogens is 3. The molecule has 0 radical (unpaired) electrons. The van der Waals surface area contributed by atoms with E-state index in [2.05, 4.69) is 6.07 Å². The van der Waals surface area contributed by atoms with E-state index in [9.17, 15) is 22.8 Å². The third kappa shape index (κ3) is 3.87. The maximum Gasteiger partial charge on any atom is 0.416 e. The number of ketones is 1. The van der Waals surface area contributed by atoms with Crippen LogP contribution in [0.4, 0.5) is 13.2 Å². The lowest BCUT2D eigenvalue weighted by atomic mass is 9.68. The summed E-state index contributed by atoms with van der Waals surface area (Å²) >= 11 is 1.13. The molecule has 1 heterocycles. The van der Waals surface area contributed by atoms with Crippen LogP contribution in [-0.4, -0.2) is 21.1 Å². The van der Waals surface area contributed by atoms with Crippen molar-refractivity contribution in [2.45, 2.75) is 48.9 Å². The molecule has 1 saturated carbocycles. The minimum absolute atomic E-state index is 0.0305. The number of nitrogens with zero attached hydrogens (tertiary/aromatic N) is 2. The highest BCUT2D eigenvalue weighted by Crippen LogP contribution is 2.49. The van der Waals surface area contributed by atoms with Crippen molar-refractivity contribution in [1.82, 2.24) is 9.55 Å². The van der Waals surface area contributed by atoms with Gasteiger partial charge in [0.1, 0.15) is 0 Å². The van der Waals surface area contributed by atoms with E-state index in [4.69, 9.17) is 4.98 Å². The zero-order chi connectivity index (χ0) is 24.1. The summed E-state index contributed by atoms with van der Waals surface area (Å²) in [4.78, 5) is 31.1. The number of aromatic nitrogens is 2. The molecule has 2 aliphatic carbocycles. The highest BCUT2D eigenvalue weighted by molar-refractivity contribution is 7.99. The predicted molar refractivity (Wildman–Crippen MR) is 125 cm³/mol. The number of hydrogen-bond acceptors (Lipinski definition) is 4. The lowest BCUT2D eigenvalue weighted by Gasteiger charge is -2.36. The van der Waals surface area contributed by atoms with Crippen LogP contribution in [-0.2, 0) is 25.1 Å². The molecule has 176 valence electrons. The molecule has 0 saturated heterocycles. The molecule has 2 aromatic carbocycles. The molecule has 0 amide bonds. The van der Waals surface area contributed by atoms with Crippen molar-refractivity contribution in [2.75, 3.05) is 5.75 Å². The van der Waals surface area contributed by atoms with Gasteiger partial charge in [0.2, 0.25) is 0 Å². The van der Waals surface area contributed by atoms with Crippen LogP contribution in [0.15, 0.2) is 58.5 Å². The van der Waals surface area contributed by atoms with Gasteiger partial charge in [-0.05, 0) is 37.0 Å². The van der Waals surface area contributed by atoms with Crippen molar-refractivity contribution in [3.63, 3.8) is 0 Å². The number of fused-ring (bicyclic) bond motifs is 4. The number of benzene rings is 2. The number of rotatable bonds is 4. The maximum absolute atomic E-state index is 13.6. The van der Waals surface area contributed by atoms with E-state index in [0.717, 1.165) is 67.1 Å². The third-order valence-electron chi connectivity index (χ3n) is 7.01. The van der Waals surface area contributed by atoms with Crippen LogP contribution < -0.4 is 5.56 Å². The fourth-order valence-corrected chi connectivity index (χ4v) is 6.14. The highest BCUT2D eigenvalue weighted by atomic mass is 32.2. The average molecular weight is 485 g/mol. The van der Waals surface area contributed by atoms with Crippen LogP contribution in [0, 0.1) is 0 Å². The van der Waals surface area contributed by atoms with Gasteiger partial charge in [0.25, 0.3) is 5.56 Å². The van der Waals surface area contributed by atoms with E-state index in [0.29, 0.717) is 10.9 Å². The van der Waals surface area contributed by atoms with Crippen molar-refractivity contribution < 1.29 is 18.0 Å². The van der Waals surface area contributed by atoms with Crippen molar-refractivity contribution in [3.05, 3.63) is 81.1 Å². The fourth-order valence-electron chi connectivity index (χ4n) is 5.28. The van der Waals surface area contributed by atoms with Crippen molar-refractivity contribution in [3.8, 4) is 11.3 Å². The Hall–Kier alpha value is -2.87. The van der Waals surface area contributed by atoms with Crippen molar-refractivity contribution >= 4 is 17.5 Å². The van der Waals surface area contributed by atoms with E-state index < -0.39 is 11.7 Å². The number of carbonyl (C=O) groups excluding carboxylic acids is 1. The van der Waals surface area contributed by atoms with Gasteiger partial charge in [0.05, 0.1) is 22.6 Å². The van der Waals surface area contributed by atoms with Gasteiger partial charge >= 0.3 is 6.18 Å². The smallest absolute Gasteiger partial charge is 0.293 e. The second kappa shape index (κ2) is 8.41. The van der Waals surface area contributed by atoms with E-state index in [1.807, 2.05) is 18.2 Å². The Labute approximate surface area is 199 Å². The summed E-state index contributed by atoms with van der Waals surface area (Å²) in [5, 5.41) is 0.425. The summed E-state index contributed by atoms with van der Waals surface area (Å²) < 4.78 is 39.9. The second-order valence-corrected chi connectivity index (χ2v) is 10.0. The van der Waals surface area contributed by atoms with Gasteiger partial charge in [-0.2, -0.15) is 13.2 Å². The monoisotopic (exact) mass is 484 g/mol. The molecule has 8 heteroatoms. The first-order valence-electron chi connectivity index (χ1n) is 11.2. The van der Waals surface area contributed by atoms with E-state index >= 15 is 0 Å². The lowest BCUT2D eigenvalue weighted by Crippen LogP contribution is -2.39. The Morgan fingerprint density at radius 2 is 1.76 bits per heavy atom. The Kier molecular flexibility index (Phi) is 5.67. The molecule has 0 aliphatic heterocycles. The molecule has 0 bridgehead atoms. The molecule has 1 spiro atoms. The Balaban J connectivity index is 1.47. The zero-order valence-electron chi connectivity index (χ0n) is 18.6. The maximum atomic E-state index is 13.6. The molecule has 34 heavy (non-hydrogen) atoms. The van der Waals surface area contributed by atoms with E-state index in [-0.39, 0.29) is 28.1 Å². The van der Waals surface area contributed by atoms with Crippen molar-refractivity contribution in [2.24, 2.45) is 7.05 Å². The van der Waals surface area contributed by atoms with Crippen molar-refractivity contribution in [1.29, 1.82) is 0 Å². The number of thioether (sulfide) groups is 1. The normalized spacial score (nSPS) is 16.4. The van der Waals surface area contributed by atoms with Gasteiger partial charge in [0.15, 0.2) is 10.9 Å². The number of Topliss-reactive ketones (excluding diaryl/α,β-unsaturated/α-hetero) is 1. The summed E-state index contributed by atoms with van der Waals surface area (Å²) in [5.74, 6) is -0.352. The molecule has 0 N–H and O–H groups in total. The summed E-state index contributed by atoms with van der Waals surface area (Å²) in [6.45, 7) is 0. The SMILES string of the molecule is Cn1c(SCC(=O)c2ccc(C(F)(F)F)cc2)nc2c(c1=O)C1(CCCC1)Cc1ccccc1-2. The molecule has 1 fully saturated rings. The van der Waals surface area contributed by atoms with Gasteiger partial charge in [-0.25, -0.2) is 4.98 Å². The van der Waals surface area contributed by atoms with Crippen LogP contribution >= 0.6 is 11.8 Å². The van der Waals surface area contributed by atoms with Crippen LogP contribution in [0.3, 0.4) is 0 Å². The first kappa shape index (κ1) is 22.9. The van der Waals surface area contributed by atoms with Crippen LogP contribution in [0.2, 0.25) is 0 Å². The van der Waals surface area contributed by atoms with Gasteiger partial charge < -0.3 is 0 Å². The molecule has 5 rings (SSSR count). The third-order valence-corrected chi connectivity index (χ3v) is 8.04. The fraction of sp³-hybridized carbons (Fsp3) is 0.346. The van der Waals surface area contributed by atoms with Crippen LogP contribution in [0.5, 0.6) is 0 Å². The largest absolute Gasteiger partial charge is 0.416 e. The average Bonchev–Trinajstić information content (AvgIpc) is 3.27. The first-order valence-corrected chi connectivity index (χ1v) is 12.2. The molecular weight excluding hydrogens is 461 g/mol. The minimum Gasteiger partial charge on any atom is -0.293 e. The van der Waals surface area contributed by atoms with Gasteiger partial charge in [-0.15, -0.1) is 0 Å². The summed E-state index contributed by atoms with van der Waals surface area (Å²) in [6, 6.07) is 12.2. The number of hydrogen-bond donors (Lipinski definition) is 0. The predicted octanol–water partition coefficient (Wildman–Crippen LogP) is 5.81. The quantitative estimate of drug-likeness (QED) is 0.267.